The standard InChI is InChI=1S/2CF3O.Ca/c2*2-1(3,4)5;/q2*-1;+2. The predicted octanol–water partition coefficient (Wildman–Crippen LogP) is -0.648. The zero-order chi connectivity index (χ0) is 9.00. The van der Waals surface area contributed by atoms with Gasteiger partial charge in [0.2, 0.25) is 0 Å². The Bertz CT molecular complexity index is 61.6. The van der Waals surface area contributed by atoms with Crippen LogP contribution in [0.5, 0.6) is 0 Å². The summed E-state index contributed by atoms with van der Waals surface area (Å²) in [4.78, 5) is 0. The van der Waals surface area contributed by atoms with Crippen LogP contribution in [-0.4, -0.2) is 50.5 Å². The minimum atomic E-state index is -5.25. The molecule has 64 valence electrons. The van der Waals surface area contributed by atoms with Crippen LogP contribution in [0.3, 0.4) is 0 Å². The molecule has 0 unspecified atom stereocenters. The van der Waals surface area contributed by atoms with Crippen molar-refractivity contribution in [2.45, 2.75) is 12.7 Å². The maximum Gasteiger partial charge on any atom is 2.00 e. The van der Waals surface area contributed by atoms with Crippen LogP contribution in [0, 0.1) is 0 Å². The van der Waals surface area contributed by atoms with Crippen LogP contribution in [0.25, 0.3) is 0 Å². The van der Waals surface area contributed by atoms with Crippen molar-refractivity contribution in [3.8, 4) is 0 Å². The smallest absolute Gasteiger partial charge is 0.771 e. The van der Waals surface area contributed by atoms with E-state index in [1.807, 2.05) is 0 Å². The number of alkyl halides is 6. The summed E-state index contributed by atoms with van der Waals surface area (Å²) in [7, 11) is 0. The molecule has 0 aromatic heterocycles. The molecule has 0 aromatic carbocycles. The first-order chi connectivity index (χ1) is 4.00. The Kier molecular flexibility index (Phi) is 10.2. The second-order valence-electron chi connectivity index (χ2n) is 0.891. The van der Waals surface area contributed by atoms with Gasteiger partial charge in [-0.25, -0.2) is 0 Å². The average molecular weight is 210 g/mol. The minimum absolute atomic E-state index is 0. The van der Waals surface area contributed by atoms with Gasteiger partial charge in [-0.2, -0.15) is 26.3 Å². The maximum absolute atomic E-state index is 9.80. The number of halogens is 6. The summed E-state index contributed by atoms with van der Waals surface area (Å²) in [6.07, 6.45) is -10.5. The molecule has 0 aromatic rings. The van der Waals surface area contributed by atoms with Gasteiger partial charge in [0, 0.05) is 0 Å². The molecule has 0 aliphatic rings. The van der Waals surface area contributed by atoms with E-state index in [2.05, 4.69) is 0 Å². The second-order valence-corrected chi connectivity index (χ2v) is 0.891. The van der Waals surface area contributed by atoms with Crippen LogP contribution in [0.2, 0.25) is 0 Å². The summed E-state index contributed by atoms with van der Waals surface area (Å²) in [5, 5.41) is 16.2. The normalized spacial score (nSPS) is 10.9. The molecule has 0 atom stereocenters. The molecule has 0 saturated carbocycles. The van der Waals surface area contributed by atoms with Crippen LogP contribution in [0.1, 0.15) is 0 Å². The Labute approximate surface area is 86.8 Å². The maximum atomic E-state index is 9.80. The molecule has 0 spiro atoms. The largest absolute Gasteiger partial charge is 2.00 e. The number of hydrogen-bond acceptors (Lipinski definition) is 2. The summed E-state index contributed by atoms with van der Waals surface area (Å²) < 4.78 is 58.8. The molecular formula is C2CaF6O2. The van der Waals surface area contributed by atoms with E-state index in [0.717, 1.165) is 0 Å². The molecule has 9 heteroatoms. The van der Waals surface area contributed by atoms with Gasteiger partial charge in [-0.05, 0) is 0 Å². The van der Waals surface area contributed by atoms with Gasteiger partial charge in [0.1, 0.15) is 0 Å². The predicted molar refractivity (Wildman–Crippen MR) is 17.9 cm³/mol. The molecule has 11 heavy (non-hydrogen) atoms. The Hall–Kier alpha value is 0.760. The van der Waals surface area contributed by atoms with E-state index < -0.39 is 12.7 Å². The van der Waals surface area contributed by atoms with Gasteiger partial charge in [0.15, 0.2) is 0 Å². The summed E-state index contributed by atoms with van der Waals surface area (Å²) in [6.45, 7) is 0. The zero-order valence-electron chi connectivity index (χ0n) is 4.79. The van der Waals surface area contributed by atoms with E-state index in [9.17, 15) is 26.3 Å². The van der Waals surface area contributed by atoms with Crippen LogP contribution in [-0.2, 0) is 0 Å². The molecule has 0 aliphatic heterocycles. The molecule has 0 amide bonds. The van der Waals surface area contributed by atoms with Crippen LogP contribution < -0.4 is 10.2 Å². The number of hydrogen-bond donors (Lipinski definition) is 0. The van der Waals surface area contributed by atoms with Crippen molar-refractivity contribution in [3.05, 3.63) is 0 Å². The van der Waals surface area contributed by atoms with E-state index in [0.29, 0.717) is 0 Å². The summed E-state index contributed by atoms with van der Waals surface area (Å²) in [5.41, 5.74) is 0. The molecule has 0 rings (SSSR count). The molecule has 2 nitrogen and oxygen atoms in total. The van der Waals surface area contributed by atoms with Gasteiger partial charge in [0.05, 0.1) is 0 Å². The quantitative estimate of drug-likeness (QED) is 0.394. The molecule has 0 aliphatic carbocycles. The van der Waals surface area contributed by atoms with Gasteiger partial charge < -0.3 is 10.2 Å². The number of rotatable bonds is 0. The van der Waals surface area contributed by atoms with Crippen molar-refractivity contribution in [1.82, 2.24) is 0 Å². The molecule has 0 radical (unpaired) electrons. The van der Waals surface area contributed by atoms with E-state index in [1.54, 1.807) is 0 Å². The Balaban J connectivity index is -0.000000107. The van der Waals surface area contributed by atoms with E-state index in [-0.39, 0.29) is 37.7 Å². The van der Waals surface area contributed by atoms with Crippen molar-refractivity contribution in [3.63, 3.8) is 0 Å². The SMILES string of the molecule is [Ca+2].[O-]C(F)(F)F.[O-]C(F)(F)F. The zero-order valence-corrected chi connectivity index (χ0v) is 7.00. The van der Waals surface area contributed by atoms with Crippen molar-refractivity contribution < 1.29 is 36.6 Å². The van der Waals surface area contributed by atoms with Gasteiger partial charge in [0.25, 0.3) is 0 Å². The fraction of sp³-hybridized carbons (Fsp3) is 1.00. The van der Waals surface area contributed by atoms with Crippen molar-refractivity contribution in [2.75, 3.05) is 0 Å². The fourth-order valence-corrected chi connectivity index (χ4v) is 0. The Morgan fingerprint density at radius 2 is 0.636 bits per heavy atom. The third kappa shape index (κ3) is 1430. The Morgan fingerprint density at radius 1 is 0.636 bits per heavy atom. The summed E-state index contributed by atoms with van der Waals surface area (Å²) in [6, 6.07) is 0. The van der Waals surface area contributed by atoms with Crippen LogP contribution in [0.15, 0.2) is 0 Å². The van der Waals surface area contributed by atoms with Crippen LogP contribution >= 0.6 is 0 Å². The first-order valence-corrected chi connectivity index (χ1v) is 1.54. The molecule has 0 heterocycles. The minimum Gasteiger partial charge on any atom is -0.771 e. The fourth-order valence-electron chi connectivity index (χ4n) is 0. The third-order valence-electron chi connectivity index (χ3n) is 0. The van der Waals surface area contributed by atoms with Gasteiger partial charge in [-0.1, -0.05) is 0 Å². The van der Waals surface area contributed by atoms with E-state index >= 15 is 0 Å². The van der Waals surface area contributed by atoms with Crippen molar-refractivity contribution in [2.24, 2.45) is 0 Å². The van der Waals surface area contributed by atoms with Crippen molar-refractivity contribution >= 4 is 37.7 Å². The summed E-state index contributed by atoms with van der Waals surface area (Å²) >= 11 is 0. The Morgan fingerprint density at radius 3 is 0.636 bits per heavy atom. The van der Waals surface area contributed by atoms with E-state index in [4.69, 9.17) is 10.2 Å². The monoisotopic (exact) mass is 210 g/mol. The average Bonchev–Trinajstić information content (AvgIpc) is 1.12. The molecule has 0 bridgehead atoms. The van der Waals surface area contributed by atoms with Gasteiger partial charge >= 0.3 is 50.5 Å². The molecule has 0 saturated heterocycles. The van der Waals surface area contributed by atoms with Crippen LogP contribution in [0.4, 0.5) is 26.3 Å². The van der Waals surface area contributed by atoms with Gasteiger partial charge in [-0.15, -0.1) is 0 Å². The first-order valence-electron chi connectivity index (χ1n) is 1.54. The third-order valence-corrected chi connectivity index (χ3v) is 0. The van der Waals surface area contributed by atoms with E-state index in [1.165, 1.54) is 0 Å². The first kappa shape index (κ1) is 17.7. The molecular weight excluding hydrogens is 210 g/mol. The molecule has 0 N–H and O–H groups in total. The van der Waals surface area contributed by atoms with Gasteiger partial charge in [-0.3, -0.25) is 0 Å². The van der Waals surface area contributed by atoms with Crippen molar-refractivity contribution in [1.29, 1.82) is 0 Å². The molecule has 0 fully saturated rings. The summed E-state index contributed by atoms with van der Waals surface area (Å²) in [5.74, 6) is 0. The second kappa shape index (κ2) is 6.29. The topological polar surface area (TPSA) is 46.1 Å².